The summed E-state index contributed by atoms with van der Waals surface area (Å²) in [6.45, 7) is 0. The predicted molar refractivity (Wildman–Crippen MR) is 246 cm³/mol. The summed E-state index contributed by atoms with van der Waals surface area (Å²) in [5.74, 6) is 0. The predicted octanol–water partition coefficient (Wildman–Crippen LogP) is 15.2. The Morgan fingerprint density at radius 3 is 1.95 bits per heavy atom. The maximum absolute atomic E-state index is 6.90. The molecule has 2 nitrogen and oxygen atoms in total. The number of furan rings is 1. The first-order chi connectivity index (χ1) is 29.3. The summed E-state index contributed by atoms with van der Waals surface area (Å²) in [6.07, 6.45) is 6.71. The summed E-state index contributed by atoms with van der Waals surface area (Å²) in [7, 11) is 0. The highest BCUT2D eigenvalue weighted by atomic mass is 16.3. The van der Waals surface area contributed by atoms with Gasteiger partial charge in [-0.25, -0.2) is 0 Å². The minimum atomic E-state index is -0.648. The lowest BCUT2D eigenvalue weighted by Crippen LogP contribution is -2.29. The number of nitrogens with zero attached hydrogens (tertiary/aromatic N) is 1. The Hall–Kier alpha value is -7.42. The molecule has 0 saturated heterocycles. The Kier molecular flexibility index (Phi) is 7.61. The lowest BCUT2D eigenvalue weighted by molar-refractivity contribution is 0.648. The van der Waals surface area contributed by atoms with Crippen LogP contribution in [0.2, 0.25) is 0 Å². The van der Waals surface area contributed by atoms with Gasteiger partial charge < -0.3 is 9.32 Å². The van der Waals surface area contributed by atoms with Crippen molar-refractivity contribution >= 4 is 55.8 Å². The molecule has 2 heteroatoms. The third-order valence-electron chi connectivity index (χ3n) is 12.8. The standard InChI is InChI=1S/C57H39NO/c1-2-18-43(19-3-1)58(44-32-28-39(29-33-44)47-23-12-17-38-14-6-7-20-46(38)47)45-34-30-42(31-35-45)57(53-26-13-24-50-49-22-9-11-27-55(49)59-56(50)53)52-25-10-8-21-48(52)51-36-40-15-4-5-16-41(40)37-54(51)57/h1-6,8-19,21-37H,7,20H2. The molecule has 0 fully saturated rings. The van der Waals surface area contributed by atoms with Crippen LogP contribution in [0, 0.1) is 0 Å². The minimum absolute atomic E-state index is 0.648. The van der Waals surface area contributed by atoms with Gasteiger partial charge in [-0.05, 0) is 128 Å². The van der Waals surface area contributed by atoms with Crippen molar-refractivity contribution in [1.82, 2.24) is 0 Å². The molecule has 59 heavy (non-hydrogen) atoms. The van der Waals surface area contributed by atoms with Crippen LogP contribution < -0.4 is 4.90 Å². The summed E-state index contributed by atoms with van der Waals surface area (Å²) < 4.78 is 6.90. The van der Waals surface area contributed by atoms with Crippen molar-refractivity contribution in [2.75, 3.05) is 4.90 Å². The lowest BCUT2D eigenvalue weighted by atomic mass is 9.67. The molecule has 0 saturated carbocycles. The Morgan fingerprint density at radius 1 is 0.458 bits per heavy atom. The van der Waals surface area contributed by atoms with Crippen molar-refractivity contribution in [3.63, 3.8) is 0 Å². The molecular formula is C57H39NO. The van der Waals surface area contributed by atoms with Crippen molar-refractivity contribution in [2.45, 2.75) is 18.3 Å². The zero-order valence-corrected chi connectivity index (χ0v) is 32.5. The quantitative estimate of drug-likeness (QED) is 0.168. The normalized spacial score (nSPS) is 15.3. The van der Waals surface area contributed by atoms with Gasteiger partial charge in [-0.2, -0.15) is 0 Å². The van der Waals surface area contributed by atoms with Gasteiger partial charge in [0, 0.05) is 33.4 Å². The fourth-order valence-electron chi connectivity index (χ4n) is 10.2. The topological polar surface area (TPSA) is 16.4 Å². The van der Waals surface area contributed by atoms with E-state index < -0.39 is 5.41 Å². The van der Waals surface area contributed by atoms with Gasteiger partial charge in [-0.15, -0.1) is 0 Å². The Bertz CT molecular complexity index is 3260. The maximum Gasteiger partial charge on any atom is 0.140 e. The largest absolute Gasteiger partial charge is 0.456 e. The molecule has 10 aromatic rings. The number of para-hydroxylation sites is 3. The van der Waals surface area contributed by atoms with E-state index in [9.17, 15) is 0 Å². The Balaban J connectivity index is 1.06. The first-order valence-corrected chi connectivity index (χ1v) is 20.6. The number of anilines is 3. The highest BCUT2D eigenvalue weighted by molar-refractivity contribution is 6.07. The van der Waals surface area contributed by atoms with Crippen LogP contribution in [0.15, 0.2) is 211 Å². The van der Waals surface area contributed by atoms with E-state index >= 15 is 0 Å². The SMILES string of the molecule is C1=Cc2cccc(-c3ccc(N(c4ccccc4)c4ccc(C5(c6cccc7c6oc6ccccc67)c6ccccc6-c6cc7ccccc7cc65)cc4)cc3)c2CC1. The van der Waals surface area contributed by atoms with E-state index in [2.05, 4.69) is 217 Å². The van der Waals surface area contributed by atoms with Crippen LogP contribution in [0.4, 0.5) is 17.1 Å². The molecule has 1 unspecified atom stereocenters. The third-order valence-corrected chi connectivity index (χ3v) is 12.8. The molecule has 2 aliphatic carbocycles. The van der Waals surface area contributed by atoms with E-state index in [1.807, 2.05) is 0 Å². The second kappa shape index (κ2) is 13.3. The number of benzene rings is 9. The molecule has 278 valence electrons. The number of fused-ring (bicyclic) bond motifs is 8. The molecule has 0 bridgehead atoms. The first kappa shape index (κ1) is 33.7. The van der Waals surface area contributed by atoms with Crippen LogP contribution in [-0.4, -0.2) is 0 Å². The second-order valence-corrected chi connectivity index (χ2v) is 15.9. The van der Waals surface area contributed by atoms with E-state index in [-0.39, 0.29) is 0 Å². The molecule has 1 aromatic heterocycles. The Morgan fingerprint density at radius 2 is 1.10 bits per heavy atom. The highest BCUT2D eigenvalue weighted by Gasteiger charge is 2.48. The van der Waals surface area contributed by atoms with Crippen LogP contribution in [0.1, 0.15) is 39.8 Å². The van der Waals surface area contributed by atoms with Crippen LogP contribution in [0.3, 0.4) is 0 Å². The van der Waals surface area contributed by atoms with Gasteiger partial charge in [-0.3, -0.25) is 0 Å². The van der Waals surface area contributed by atoms with Crippen LogP contribution in [0.5, 0.6) is 0 Å². The highest BCUT2D eigenvalue weighted by Crippen LogP contribution is 2.58. The molecule has 2 aliphatic rings. The van der Waals surface area contributed by atoms with Gasteiger partial charge in [0.15, 0.2) is 0 Å². The van der Waals surface area contributed by atoms with Crippen molar-refractivity contribution in [3.8, 4) is 22.3 Å². The molecule has 0 N–H and O–H groups in total. The number of hydrogen-bond donors (Lipinski definition) is 0. The number of rotatable bonds is 6. The zero-order valence-electron chi connectivity index (χ0n) is 32.5. The molecule has 0 spiro atoms. The van der Waals surface area contributed by atoms with Crippen molar-refractivity contribution in [1.29, 1.82) is 0 Å². The van der Waals surface area contributed by atoms with Crippen molar-refractivity contribution in [3.05, 3.63) is 240 Å². The van der Waals surface area contributed by atoms with Gasteiger partial charge in [0.25, 0.3) is 0 Å². The van der Waals surface area contributed by atoms with Crippen molar-refractivity contribution < 1.29 is 4.42 Å². The summed E-state index contributed by atoms with van der Waals surface area (Å²) in [5, 5.41) is 4.73. The smallest absolute Gasteiger partial charge is 0.140 e. The van der Waals surface area contributed by atoms with Gasteiger partial charge in [0.2, 0.25) is 0 Å². The van der Waals surface area contributed by atoms with Crippen LogP contribution >= 0.6 is 0 Å². The number of hydrogen-bond acceptors (Lipinski definition) is 2. The minimum Gasteiger partial charge on any atom is -0.456 e. The van der Waals surface area contributed by atoms with Gasteiger partial charge in [0.1, 0.15) is 11.2 Å². The third kappa shape index (κ3) is 5.13. The van der Waals surface area contributed by atoms with Gasteiger partial charge >= 0.3 is 0 Å². The average Bonchev–Trinajstić information content (AvgIpc) is 3.83. The van der Waals surface area contributed by atoms with E-state index in [1.165, 1.54) is 60.8 Å². The molecule has 1 heterocycles. The fourth-order valence-corrected chi connectivity index (χ4v) is 10.2. The number of allylic oxidation sites excluding steroid dienone is 1. The molecule has 1 atom stereocenters. The summed E-state index contributed by atoms with van der Waals surface area (Å²) in [4.78, 5) is 2.37. The van der Waals surface area contributed by atoms with E-state index in [0.717, 1.165) is 57.4 Å². The molecule has 12 rings (SSSR count). The first-order valence-electron chi connectivity index (χ1n) is 20.6. The van der Waals surface area contributed by atoms with Gasteiger partial charge in [-0.1, -0.05) is 158 Å². The maximum atomic E-state index is 6.90. The lowest BCUT2D eigenvalue weighted by Gasteiger charge is -2.34. The second-order valence-electron chi connectivity index (χ2n) is 15.9. The Labute approximate surface area is 343 Å². The molecule has 0 aliphatic heterocycles. The monoisotopic (exact) mass is 753 g/mol. The van der Waals surface area contributed by atoms with E-state index in [1.54, 1.807) is 0 Å². The van der Waals surface area contributed by atoms with E-state index in [0.29, 0.717) is 0 Å². The van der Waals surface area contributed by atoms with Crippen molar-refractivity contribution in [2.24, 2.45) is 0 Å². The van der Waals surface area contributed by atoms with Gasteiger partial charge in [0.05, 0.1) is 5.41 Å². The molecule has 0 amide bonds. The molecule has 0 radical (unpaired) electrons. The summed E-state index contributed by atoms with van der Waals surface area (Å²) in [6, 6.07) is 73.5. The van der Waals surface area contributed by atoms with Crippen LogP contribution in [0.25, 0.3) is 61.0 Å². The van der Waals surface area contributed by atoms with E-state index in [4.69, 9.17) is 4.42 Å². The molecular weight excluding hydrogens is 715 g/mol. The zero-order chi connectivity index (χ0) is 38.9. The summed E-state index contributed by atoms with van der Waals surface area (Å²) >= 11 is 0. The molecule has 9 aromatic carbocycles. The fraction of sp³-hybridized carbons (Fsp3) is 0.0526. The van der Waals surface area contributed by atoms with Crippen LogP contribution in [-0.2, 0) is 11.8 Å². The average molecular weight is 754 g/mol. The summed E-state index contributed by atoms with van der Waals surface area (Å²) in [5.41, 5.74) is 17.2.